The van der Waals surface area contributed by atoms with Crippen molar-refractivity contribution in [3.8, 4) is 0 Å². The monoisotopic (exact) mass is 242 g/mol. The van der Waals surface area contributed by atoms with Crippen LogP contribution in [0.1, 0.15) is 30.2 Å². The molecule has 1 aliphatic rings. The molecule has 0 saturated heterocycles. The fraction of sp³-hybridized carbons (Fsp3) is 0.500. The molecule has 0 saturated carbocycles. The second kappa shape index (κ2) is 4.43. The van der Waals surface area contributed by atoms with Crippen LogP contribution in [0.15, 0.2) is 18.2 Å². The van der Waals surface area contributed by atoms with Crippen LogP contribution in [-0.4, -0.2) is 17.7 Å². The second-order valence-corrected chi connectivity index (χ2v) is 5.38. The van der Waals surface area contributed by atoms with Gasteiger partial charge in [-0.2, -0.15) is 0 Å². The summed E-state index contributed by atoms with van der Waals surface area (Å²) in [5.74, 6) is 0. The molecule has 0 amide bonds. The first-order valence-electron chi connectivity index (χ1n) is 7.01. The number of aromatic nitrogens is 1. The Morgan fingerprint density at radius 2 is 2.22 bits per heavy atom. The van der Waals surface area contributed by atoms with Crippen molar-refractivity contribution in [2.75, 3.05) is 7.05 Å². The van der Waals surface area contributed by atoms with Crippen LogP contribution >= 0.6 is 0 Å². The average molecular weight is 242 g/mol. The predicted molar refractivity (Wildman–Crippen MR) is 77.2 cm³/mol. The third-order valence-electron chi connectivity index (χ3n) is 4.50. The molecule has 2 heteroatoms. The van der Waals surface area contributed by atoms with E-state index in [0.29, 0.717) is 6.04 Å². The number of nitrogens with zero attached hydrogens (tertiary/aromatic N) is 1. The van der Waals surface area contributed by atoms with Gasteiger partial charge in [0.25, 0.3) is 0 Å². The molecule has 0 spiro atoms. The standard InChI is InChI=1S/C16H22N2/c1-4-11-6-5-7-13-14-10-12(17-2)8-9-15(14)18(3)16(11)13/h5-7,12,17H,4,8-10H2,1-3H3. The lowest BCUT2D eigenvalue weighted by Crippen LogP contribution is -2.31. The van der Waals surface area contributed by atoms with Gasteiger partial charge >= 0.3 is 0 Å². The van der Waals surface area contributed by atoms with Crippen LogP contribution in [0.2, 0.25) is 0 Å². The number of para-hydroxylation sites is 1. The van der Waals surface area contributed by atoms with Crippen molar-refractivity contribution < 1.29 is 0 Å². The van der Waals surface area contributed by atoms with Crippen LogP contribution in [0, 0.1) is 0 Å². The van der Waals surface area contributed by atoms with Crippen molar-refractivity contribution in [3.05, 3.63) is 35.0 Å². The van der Waals surface area contributed by atoms with Crippen LogP contribution < -0.4 is 5.32 Å². The first-order chi connectivity index (χ1) is 8.76. The summed E-state index contributed by atoms with van der Waals surface area (Å²) in [4.78, 5) is 0. The lowest BCUT2D eigenvalue weighted by molar-refractivity contribution is 0.488. The van der Waals surface area contributed by atoms with Crippen LogP contribution in [0.3, 0.4) is 0 Å². The number of hydrogen-bond acceptors (Lipinski definition) is 1. The van der Waals surface area contributed by atoms with E-state index in [1.807, 2.05) is 0 Å². The SMILES string of the molecule is CCc1cccc2c3c(n(C)c12)CCC(NC)C3. The van der Waals surface area contributed by atoms with Gasteiger partial charge in [-0.05, 0) is 43.9 Å². The zero-order chi connectivity index (χ0) is 12.7. The van der Waals surface area contributed by atoms with E-state index in [0.717, 1.165) is 6.42 Å². The Kier molecular flexibility index (Phi) is 2.90. The third-order valence-corrected chi connectivity index (χ3v) is 4.50. The summed E-state index contributed by atoms with van der Waals surface area (Å²) in [6.07, 6.45) is 4.75. The Bertz CT molecular complexity index is 580. The first-order valence-corrected chi connectivity index (χ1v) is 7.01. The Labute approximate surface area is 109 Å². The second-order valence-electron chi connectivity index (χ2n) is 5.38. The lowest BCUT2D eigenvalue weighted by Gasteiger charge is -2.22. The molecule has 1 unspecified atom stereocenters. The highest BCUT2D eigenvalue weighted by Crippen LogP contribution is 2.33. The molecule has 1 aromatic carbocycles. The Balaban J connectivity index is 2.24. The molecule has 0 radical (unpaired) electrons. The largest absolute Gasteiger partial charge is 0.347 e. The molecule has 18 heavy (non-hydrogen) atoms. The maximum Gasteiger partial charge on any atom is 0.0515 e. The number of aryl methyl sites for hydroxylation is 2. The van der Waals surface area contributed by atoms with Crippen LogP contribution in [0.4, 0.5) is 0 Å². The molecular weight excluding hydrogens is 220 g/mol. The van der Waals surface area contributed by atoms with Crippen LogP contribution in [0.5, 0.6) is 0 Å². The molecule has 2 nitrogen and oxygen atoms in total. The van der Waals surface area contributed by atoms with Gasteiger partial charge in [0.05, 0.1) is 5.52 Å². The lowest BCUT2D eigenvalue weighted by atomic mass is 9.91. The van der Waals surface area contributed by atoms with Crippen molar-refractivity contribution in [2.45, 2.75) is 38.6 Å². The Morgan fingerprint density at radius 3 is 2.94 bits per heavy atom. The fourth-order valence-corrected chi connectivity index (χ4v) is 3.46. The molecule has 0 fully saturated rings. The number of benzene rings is 1. The van der Waals surface area contributed by atoms with Crippen molar-refractivity contribution >= 4 is 10.9 Å². The van der Waals surface area contributed by atoms with E-state index in [2.05, 4.69) is 49.1 Å². The molecule has 1 aromatic heterocycles. The number of likely N-dealkylation sites (N-methyl/N-ethyl adjacent to an activating group) is 1. The minimum atomic E-state index is 0.647. The van der Waals surface area contributed by atoms with Gasteiger partial charge in [0.15, 0.2) is 0 Å². The minimum absolute atomic E-state index is 0.647. The summed E-state index contributed by atoms with van der Waals surface area (Å²) in [6, 6.07) is 7.42. The summed E-state index contributed by atoms with van der Waals surface area (Å²) in [5.41, 5.74) is 6.07. The van der Waals surface area contributed by atoms with Crippen molar-refractivity contribution in [2.24, 2.45) is 7.05 Å². The van der Waals surface area contributed by atoms with Gasteiger partial charge in [-0.1, -0.05) is 25.1 Å². The highest BCUT2D eigenvalue weighted by atomic mass is 15.0. The summed E-state index contributed by atoms with van der Waals surface area (Å²) >= 11 is 0. The number of nitrogens with one attached hydrogen (secondary N) is 1. The molecular formula is C16H22N2. The Hall–Kier alpha value is -1.28. The molecule has 1 N–H and O–H groups in total. The number of hydrogen-bond donors (Lipinski definition) is 1. The summed E-state index contributed by atoms with van der Waals surface area (Å²) < 4.78 is 2.44. The highest BCUT2D eigenvalue weighted by Gasteiger charge is 2.23. The summed E-state index contributed by atoms with van der Waals surface area (Å²) in [6.45, 7) is 2.25. The smallest absolute Gasteiger partial charge is 0.0515 e. The van der Waals surface area contributed by atoms with Crippen molar-refractivity contribution in [3.63, 3.8) is 0 Å². The van der Waals surface area contributed by atoms with Crippen LogP contribution in [-0.2, 0) is 26.3 Å². The predicted octanol–water partition coefficient (Wildman–Crippen LogP) is 2.82. The molecule has 1 aliphatic carbocycles. The van der Waals surface area contributed by atoms with Crippen molar-refractivity contribution in [1.29, 1.82) is 0 Å². The van der Waals surface area contributed by atoms with Gasteiger partial charge in [0, 0.05) is 24.2 Å². The summed E-state index contributed by atoms with van der Waals surface area (Å²) in [7, 11) is 4.32. The minimum Gasteiger partial charge on any atom is -0.347 e. The van der Waals surface area contributed by atoms with Crippen molar-refractivity contribution in [1.82, 2.24) is 9.88 Å². The number of rotatable bonds is 2. The Morgan fingerprint density at radius 1 is 1.39 bits per heavy atom. The number of fused-ring (bicyclic) bond motifs is 3. The fourth-order valence-electron chi connectivity index (χ4n) is 3.46. The molecule has 96 valence electrons. The maximum absolute atomic E-state index is 3.44. The van der Waals surface area contributed by atoms with E-state index in [-0.39, 0.29) is 0 Å². The van der Waals surface area contributed by atoms with E-state index in [4.69, 9.17) is 0 Å². The molecule has 1 heterocycles. The van der Waals surface area contributed by atoms with Gasteiger partial charge in [-0.15, -0.1) is 0 Å². The van der Waals surface area contributed by atoms with E-state index < -0.39 is 0 Å². The highest BCUT2D eigenvalue weighted by molar-refractivity contribution is 5.88. The molecule has 0 bridgehead atoms. The normalized spacial score (nSPS) is 19.2. The van der Waals surface area contributed by atoms with E-state index in [1.54, 1.807) is 11.3 Å². The van der Waals surface area contributed by atoms with Gasteiger partial charge in [0.1, 0.15) is 0 Å². The van der Waals surface area contributed by atoms with Gasteiger partial charge < -0.3 is 9.88 Å². The zero-order valence-electron chi connectivity index (χ0n) is 11.6. The molecule has 3 rings (SSSR count). The van der Waals surface area contributed by atoms with Crippen LogP contribution in [0.25, 0.3) is 10.9 Å². The van der Waals surface area contributed by atoms with E-state index in [9.17, 15) is 0 Å². The summed E-state index contributed by atoms with van der Waals surface area (Å²) in [5, 5.41) is 4.92. The molecule has 0 aliphatic heterocycles. The third kappa shape index (κ3) is 1.59. The topological polar surface area (TPSA) is 17.0 Å². The zero-order valence-corrected chi connectivity index (χ0v) is 11.6. The first kappa shape index (κ1) is 11.8. The quantitative estimate of drug-likeness (QED) is 0.857. The van der Waals surface area contributed by atoms with E-state index in [1.165, 1.54) is 35.7 Å². The molecule has 2 aromatic rings. The van der Waals surface area contributed by atoms with Gasteiger partial charge in [0.2, 0.25) is 0 Å². The average Bonchev–Trinajstić information content (AvgIpc) is 2.72. The molecule has 1 atom stereocenters. The maximum atomic E-state index is 3.44. The van der Waals surface area contributed by atoms with Gasteiger partial charge in [-0.3, -0.25) is 0 Å². The van der Waals surface area contributed by atoms with Gasteiger partial charge in [-0.25, -0.2) is 0 Å². The van der Waals surface area contributed by atoms with E-state index >= 15 is 0 Å².